The molecule has 2 heterocycles. The maximum absolute atomic E-state index is 14.0. The third-order valence-corrected chi connectivity index (χ3v) is 6.55. The number of ether oxygens (including phenoxy) is 2. The number of hydrogen-bond donors (Lipinski definition) is 2. The molecule has 0 aliphatic rings. The zero-order valence-corrected chi connectivity index (χ0v) is 24.9. The fourth-order valence-electron chi connectivity index (χ4n) is 4.03. The number of carbonyl (C=O) groups excluding carboxylic acids is 1. The largest absolute Gasteiger partial charge is 0.460 e. The zero-order valence-electron chi connectivity index (χ0n) is 24.0. The molecule has 1 N–H and O–H groups in total. The smallest absolute Gasteiger partial charge is 0.418 e. The molecule has 14 heteroatoms. The first kappa shape index (κ1) is 33.9. The highest BCUT2D eigenvalue weighted by molar-refractivity contribution is 7.74. The summed E-state index contributed by atoms with van der Waals surface area (Å²) in [6, 6.07) is 11.3. The second-order valence-electron chi connectivity index (χ2n) is 10.4. The molecule has 0 spiro atoms. The van der Waals surface area contributed by atoms with Gasteiger partial charge in [0.25, 0.3) is 0 Å². The maximum Gasteiger partial charge on any atom is 0.418 e. The molecule has 0 unspecified atom stereocenters. The van der Waals surface area contributed by atoms with Gasteiger partial charge in [-0.25, -0.2) is 22.7 Å². The van der Waals surface area contributed by atoms with E-state index in [4.69, 9.17) is 9.47 Å². The van der Waals surface area contributed by atoms with Gasteiger partial charge in [0.15, 0.2) is 5.82 Å². The number of nitrogens with zero attached hydrogens (tertiary/aromatic N) is 3. The number of aromatic nitrogens is 2. The second-order valence-corrected chi connectivity index (χ2v) is 11.3. The number of hydrogen-bond acceptors (Lipinski definition) is 8. The number of benzene rings is 1. The Morgan fingerprint density at radius 1 is 0.930 bits per heavy atom. The standard InChI is InChI=1S/C29H34F4N4O5S/c1-28(2,3)42-26(38)13-7-16-34-17-8-18-41-19-20-9-4-5-10-21(20)27-22(29(31,32)33)14-15-25(36-27)37(43(39)40)24-12-6-11-23(30)35-24/h4-6,9-12,14-15,34,43H,7-8,13,16-19H2,1-3H3. The molecule has 0 aliphatic heterocycles. The summed E-state index contributed by atoms with van der Waals surface area (Å²) in [6.45, 7) is 6.93. The Morgan fingerprint density at radius 3 is 2.30 bits per heavy atom. The first-order chi connectivity index (χ1) is 20.3. The Labute approximate surface area is 249 Å². The summed E-state index contributed by atoms with van der Waals surface area (Å²) in [5, 5.41) is 3.20. The average molecular weight is 627 g/mol. The van der Waals surface area contributed by atoms with Crippen molar-refractivity contribution in [2.24, 2.45) is 0 Å². The Kier molecular flexibility index (Phi) is 12.0. The minimum absolute atomic E-state index is 0.0248. The van der Waals surface area contributed by atoms with E-state index in [1.54, 1.807) is 12.1 Å². The van der Waals surface area contributed by atoms with E-state index in [2.05, 4.69) is 15.3 Å². The predicted octanol–water partition coefficient (Wildman–Crippen LogP) is 5.58. The normalized spacial score (nSPS) is 12.0. The van der Waals surface area contributed by atoms with Gasteiger partial charge in [-0.2, -0.15) is 17.6 Å². The monoisotopic (exact) mass is 626 g/mol. The van der Waals surface area contributed by atoms with Crippen LogP contribution in [0.4, 0.5) is 29.2 Å². The lowest BCUT2D eigenvalue weighted by molar-refractivity contribution is -0.154. The molecular formula is C29H34F4N4O5S. The first-order valence-electron chi connectivity index (χ1n) is 13.5. The molecule has 43 heavy (non-hydrogen) atoms. The molecular weight excluding hydrogens is 592 g/mol. The van der Waals surface area contributed by atoms with Crippen molar-refractivity contribution in [3.8, 4) is 11.3 Å². The van der Waals surface area contributed by atoms with Crippen molar-refractivity contribution in [2.75, 3.05) is 24.0 Å². The second kappa shape index (κ2) is 15.2. The number of esters is 1. The van der Waals surface area contributed by atoms with Crippen LogP contribution in [0, 0.1) is 5.95 Å². The number of carbonyl (C=O) groups is 1. The van der Waals surface area contributed by atoms with Gasteiger partial charge in [0, 0.05) is 18.6 Å². The Balaban J connectivity index is 1.69. The van der Waals surface area contributed by atoms with Crippen molar-refractivity contribution < 1.29 is 40.2 Å². The number of nitrogens with one attached hydrogen (secondary N) is 1. The minimum atomic E-state index is -4.80. The predicted molar refractivity (Wildman–Crippen MR) is 154 cm³/mol. The van der Waals surface area contributed by atoms with Gasteiger partial charge in [0.05, 0.1) is 17.9 Å². The summed E-state index contributed by atoms with van der Waals surface area (Å²) < 4.78 is 91.5. The molecule has 0 radical (unpaired) electrons. The molecule has 0 amide bonds. The molecule has 2 aromatic heterocycles. The van der Waals surface area contributed by atoms with Crippen LogP contribution in [0.25, 0.3) is 11.3 Å². The number of anilines is 2. The molecule has 0 saturated heterocycles. The van der Waals surface area contributed by atoms with Crippen LogP contribution in [0.5, 0.6) is 0 Å². The molecule has 0 saturated carbocycles. The zero-order chi connectivity index (χ0) is 31.6. The van der Waals surface area contributed by atoms with E-state index in [1.807, 2.05) is 20.8 Å². The lowest BCUT2D eigenvalue weighted by Crippen LogP contribution is -2.25. The van der Waals surface area contributed by atoms with E-state index >= 15 is 0 Å². The lowest BCUT2D eigenvalue weighted by atomic mass is 10.00. The van der Waals surface area contributed by atoms with Crippen molar-refractivity contribution in [3.63, 3.8) is 0 Å². The van der Waals surface area contributed by atoms with E-state index in [-0.39, 0.29) is 29.8 Å². The van der Waals surface area contributed by atoms with E-state index in [0.717, 1.165) is 18.2 Å². The van der Waals surface area contributed by atoms with Crippen molar-refractivity contribution in [1.29, 1.82) is 0 Å². The first-order valence-corrected chi connectivity index (χ1v) is 14.6. The number of alkyl halides is 3. The van der Waals surface area contributed by atoms with Crippen LogP contribution in [0.1, 0.15) is 51.2 Å². The lowest BCUT2D eigenvalue weighted by Gasteiger charge is -2.20. The summed E-state index contributed by atoms with van der Waals surface area (Å²) >= 11 is 0. The van der Waals surface area contributed by atoms with Gasteiger partial charge in [-0.3, -0.25) is 4.79 Å². The van der Waals surface area contributed by atoms with Gasteiger partial charge in [-0.15, -0.1) is 0 Å². The highest BCUT2D eigenvalue weighted by Crippen LogP contribution is 2.39. The van der Waals surface area contributed by atoms with Gasteiger partial charge < -0.3 is 14.8 Å². The summed E-state index contributed by atoms with van der Waals surface area (Å²) in [6.07, 6.45) is -3.27. The summed E-state index contributed by atoms with van der Waals surface area (Å²) in [5.74, 6) is -1.97. The Bertz CT molecular complexity index is 1450. The van der Waals surface area contributed by atoms with Gasteiger partial charge >= 0.3 is 12.1 Å². The fraction of sp³-hybridized carbons (Fsp3) is 0.414. The number of pyridine rings is 2. The highest BCUT2D eigenvalue weighted by Gasteiger charge is 2.36. The molecule has 3 aromatic rings. The van der Waals surface area contributed by atoms with Crippen LogP contribution in [0.3, 0.4) is 0 Å². The topological polar surface area (TPSA) is 111 Å². The Morgan fingerprint density at radius 2 is 1.63 bits per heavy atom. The van der Waals surface area contributed by atoms with Crippen molar-refractivity contribution in [1.82, 2.24) is 15.3 Å². The molecule has 0 atom stereocenters. The van der Waals surface area contributed by atoms with Crippen molar-refractivity contribution >= 4 is 28.5 Å². The van der Waals surface area contributed by atoms with Gasteiger partial charge in [0.2, 0.25) is 16.8 Å². The summed E-state index contributed by atoms with van der Waals surface area (Å²) in [5.41, 5.74) is -1.59. The van der Waals surface area contributed by atoms with Crippen molar-refractivity contribution in [2.45, 2.75) is 58.4 Å². The maximum atomic E-state index is 14.0. The summed E-state index contributed by atoms with van der Waals surface area (Å²) in [7, 11) is -3.48. The Hall–Kier alpha value is -3.62. The highest BCUT2D eigenvalue weighted by atomic mass is 32.2. The molecule has 3 rings (SSSR count). The minimum Gasteiger partial charge on any atom is -0.460 e. The molecule has 234 valence electrons. The quantitative estimate of drug-likeness (QED) is 0.0785. The SMILES string of the molecule is CC(C)(C)OC(=O)CCCNCCCOCc1ccccc1-c1nc(N(c2cccc(F)n2)[SH](=O)=O)ccc1C(F)(F)F. The average Bonchev–Trinajstić information content (AvgIpc) is 2.90. The third kappa shape index (κ3) is 10.6. The van der Waals surface area contributed by atoms with E-state index in [9.17, 15) is 30.8 Å². The van der Waals surface area contributed by atoms with Crippen LogP contribution < -0.4 is 9.62 Å². The molecule has 0 aliphatic carbocycles. The van der Waals surface area contributed by atoms with E-state index in [1.165, 1.54) is 24.3 Å². The van der Waals surface area contributed by atoms with Crippen molar-refractivity contribution in [3.05, 3.63) is 71.7 Å². The van der Waals surface area contributed by atoms with Crippen LogP contribution in [-0.2, 0) is 37.9 Å². The van der Waals surface area contributed by atoms with Gasteiger partial charge in [0.1, 0.15) is 11.4 Å². The molecule has 1 aromatic carbocycles. The van der Waals surface area contributed by atoms with Gasteiger partial charge in [-0.05, 0) is 76.5 Å². The summed E-state index contributed by atoms with van der Waals surface area (Å²) in [4.78, 5) is 19.4. The third-order valence-electron chi connectivity index (χ3n) is 5.81. The number of halogens is 4. The molecule has 0 fully saturated rings. The number of rotatable bonds is 14. The van der Waals surface area contributed by atoms with Crippen LogP contribution >= 0.6 is 0 Å². The van der Waals surface area contributed by atoms with Gasteiger partial charge in [-0.1, -0.05) is 30.3 Å². The number of thiol groups is 1. The van der Waals surface area contributed by atoms with Crippen LogP contribution in [0.2, 0.25) is 0 Å². The van der Waals surface area contributed by atoms with Crippen LogP contribution in [-0.4, -0.2) is 49.7 Å². The van der Waals surface area contributed by atoms with Crippen LogP contribution in [0.15, 0.2) is 54.6 Å². The molecule has 0 bridgehead atoms. The molecule has 9 nitrogen and oxygen atoms in total. The fourth-order valence-corrected chi connectivity index (χ4v) is 4.59. The van der Waals surface area contributed by atoms with E-state index < -0.39 is 39.9 Å². The van der Waals surface area contributed by atoms with E-state index in [0.29, 0.717) is 48.8 Å².